The minimum atomic E-state index is -0.166. The summed E-state index contributed by atoms with van der Waals surface area (Å²) < 4.78 is 0. The zero-order chi connectivity index (χ0) is 21.4. The molecule has 1 heterocycles. The molecule has 0 unspecified atom stereocenters. The number of piperidine rings is 1. The van der Waals surface area contributed by atoms with Crippen molar-refractivity contribution >= 4 is 0 Å². The monoisotopic (exact) mass is 396 g/mol. The van der Waals surface area contributed by atoms with Gasteiger partial charge in [0.15, 0.2) is 0 Å². The fraction of sp³-hybridized carbons (Fsp3) is 0.538. The van der Waals surface area contributed by atoms with Crippen molar-refractivity contribution in [2.75, 3.05) is 13.1 Å². The van der Waals surface area contributed by atoms with Gasteiger partial charge in [0.05, 0.1) is 18.7 Å². The van der Waals surface area contributed by atoms with Crippen LogP contribution in [0.4, 0.5) is 0 Å². The molecule has 3 heteroatoms. The van der Waals surface area contributed by atoms with Crippen LogP contribution in [0.25, 0.3) is 0 Å². The van der Waals surface area contributed by atoms with Crippen molar-refractivity contribution in [2.45, 2.75) is 77.7 Å². The van der Waals surface area contributed by atoms with Gasteiger partial charge in [-0.15, -0.1) is 0 Å². The Bertz CT molecular complexity index is 817. The van der Waals surface area contributed by atoms with Crippen LogP contribution in [0.5, 0.6) is 11.5 Å². The Morgan fingerprint density at radius 1 is 0.793 bits per heavy atom. The van der Waals surface area contributed by atoms with Crippen molar-refractivity contribution in [1.82, 2.24) is 0 Å². The molecule has 1 aliphatic rings. The van der Waals surface area contributed by atoms with Crippen LogP contribution in [0.2, 0.25) is 0 Å². The highest BCUT2D eigenvalue weighted by atomic mass is 16.3. The van der Waals surface area contributed by atoms with Crippen LogP contribution in [0, 0.1) is 0 Å². The average Bonchev–Trinajstić information content (AvgIpc) is 2.63. The number of rotatable bonds is 3. The van der Waals surface area contributed by atoms with Crippen molar-refractivity contribution in [2.24, 2.45) is 0 Å². The molecule has 158 valence electrons. The second-order valence-electron chi connectivity index (χ2n) is 10.7. The van der Waals surface area contributed by atoms with E-state index in [9.17, 15) is 10.2 Å². The maximum Gasteiger partial charge on any atom is 0.142 e. The number of phenols is 2. The van der Waals surface area contributed by atoms with Crippen LogP contribution >= 0.6 is 0 Å². The molecule has 1 aliphatic heterocycles. The van der Waals surface area contributed by atoms with Gasteiger partial charge in [-0.25, -0.2) is 0 Å². The van der Waals surface area contributed by atoms with E-state index in [-0.39, 0.29) is 16.9 Å². The van der Waals surface area contributed by atoms with Crippen LogP contribution in [-0.4, -0.2) is 23.3 Å². The summed E-state index contributed by atoms with van der Waals surface area (Å²) in [5, 5.41) is 21.9. The van der Waals surface area contributed by atoms with Gasteiger partial charge in [-0.2, -0.15) is 0 Å². The lowest BCUT2D eigenvalue weighted by Crippen LogP contribution is -3.13. The first-order valence-electron chi connectivity index (χ1n) is 11.0. The highest BCUT2D eigenvalue weighted by Gasteiger charge is 2.34. The summed E-state index contributed by atoms with van der Waals surface area (Å²) in [6.45, 7) is 15.1. The first kappa shape index (κ1) is 21.7. The predicted octanol–water partition coefficient (Wildman–Crippen LogP) is 4.85. The third-order valence-electron chi connectivity index (χ3n) is 6.23. The minimum absolute atomic E-state index is 0.0688. The average molecular weight is 397 g/mol. The normalized spacial score (nSPS) is 17.3. The Hall–Kier alpha value is -2.00. The number of benzene rings is 2. The minimum Gasteiger partial charge on any atom is -0.507 e. The van der Waals surface area contributed by atoms with Crippen molar-refractivity contribution in [3.8, 4) is 11.5 Å². The van der Waals surface area contributed by atoms with E-state index in [1.807, 2.05) is 12.1 Å². The molecule has 0 radical (unpaired) electrons. The molecule has 2 aromatic rings. The van der Waals surface area contributed by atoms with Crippen LogP contribution in [0.15, 0.2) is 36.4 Å². The zero-order valence-electron chi connectivity index (χ0n) is 19.0. The maximum atomic E-state index is 11.1. The summed E-state index contributed by atoms with van der Waals surface area (Å²) in [7, 11) is 0. The maximum absolute atomic E-state index is 11.1. The molecule has 3 N–H and O–H groups in total. The van der Waals surface area contributed by atoms with Crippen LogP contribution < -0.4 is 4.90 Å². The molecule has 3 nitrogen and oxygen atoms in total. The Labute approximate surface area is 176 Å². The van der Waals surface area contributed by atoms with E-state index in [0.29, 0.717) is 11.5 Å². The number of quaternary nitrogens is 1. The van der Waals surface area contributed by atoms with Gasteiger partial charge < -0.3 is 15.1 Å². The number of hydrogen-bond donors (Lipinski definition) is 3. The third kappa shape index (κ3) is 4.61. The van der Waals surface area contributed by atoms with Gasteiger partial charge in [0.25, 0.3) is 0 Å². The summed E-state index contributed by atoms with van der Waals surface area (Å²) in [6, 6.07) is 12.2. The molecular weight excluding hydrogens is 358 g/mol. The number of para-hydroxylation sites is 1. The van der Waals surface area contributed by atoms with Crippen molar-refractivity contribution in [3.05, 3.63) is 58.7 Å². The van der Waals surface area contributed by atoms with Gasteiger partial charge >= 0.3 is 0 Å². The van der Waals surface area contributed by atoms with Crippen molar-refractivity contribution < 1.29 is 15.1 Å². The molecule has 1 fully saturated rings. The lowest BCUT2D eigenvalue weighted by atomic mass is 9.77. The van der Waals surface area contributed by atoms with Gasteiger partial charge in [0.2, 0.25) is 0 Å². The van der Waals surface area contributed by atoms with Crippen molar-refractivity contribution in [3.63, 3.8) is 0 Å². The Morgan fingerprint density at radius 3 is 1.79 bits per heavy atom. The van der Waals surface area contributed by atoms with E-state index in [2.05, 4.69) is 59.7 Å². The van der Waals surface area contributed by atoms with Gasteiger partial charge in [-0.3, -0.25) is 0 Å². The smallest absolute Gasteiger partial charge is 0.142 e. The highest BCUT2D eigenvalue weighted by Crippen LogP contribution is 2.42. The van der Waals surface area contributed by atoms with Gasteiger partial charge in [-0.05, 0) is 54.4 Å². The van der Waals surface area contributed by atoms with E-state index < -0.39 is 0 Å². The first-order chi connectivity index (χ1) is 13.5. The van der Waals surface area contributed by atoms with E-state index >= 15 is 0 Å². The molecule has 0 saturated carbocycles. The quantitative estimate of drug-likeness (QED) is 0.694. The topological polar surface area (TPSA) is 44.9 Å². The highest BCUT2D eigenvalue weighted by molar-refractivity contribution is 5.52. The molecule has 29 heavy (non-hydrogen) atoms. The molecule has 3 rings (SSSR count). The fourth-order valence-corrected chi connectivity index (χ4v) is 4.63. The Kier molecular flexibility index (Phi) is 6.01. The third-order valence-corrected chi connectivity index (χ3v) is 6.23. The summed E-state index contributed by atoms with van der Waals surface area (Å²) in [5.41, 5.74) is 3.81. The van der Waals surface area contributed by atoms with Gasteiger partial charge in [0.1, 0.15) is 17.5 Å². The first-order valence-corrected chi connectivity index (χ1v) is 11.0. The second kappa shape index (κ2) is 8.02. The lowest BCUT2D eigenvalue weighted by Gasteiger charge is -2.35. The Balaban J connectivity index is 2.26. The van der Waals surface area contributed by atoms with Crippen LogP contribution in [-0.2, 0) is 10.8 Å². The lowest BCUT2D eigenvalue weighted by molar-refractivity contribution is -0.930. The standard InChI is InChI=1S/C26H37NO2/c1-25(2,3)20-16-18(17-21(24(20)29)26(4,5)6)23(27-14-10-7-11-15-27)19-12-8-9-13-22(19)28/h8-9,12-13,16-17,23,28-29H,7,10-11,14-15H2,1-6H3/p+1/t23-/m0/s1. The zero-order valence-corrected chi connectivity index (χ0v) is 19.0. The molecule has 0 aliphatic carbocycles. The molecule has 0 bridgehead atoms. The van der Waals surface area contributed by atoms with E-state index in [1.54, 1.807) is 6.07 Å². The van der Waals surface area contributed by atoms with Gasteiger partial charge in [-0.1, -0.05) is 53.7 Å². The number of phenolic OH excluding ortho intramolecular Hbond substituents is 2. The van der Waals surface area contributed by atoms with Crippen LogP contribution in [0.1, 0.15) is 89.1 Å². The summed E-state index contributed by atoms with van der Waals surface area (Å²) in [6.07, 6.45) is 3.72. The number of aromatic hydroxyl groups is 2. The molecule has 0 spiro atoms. The molecular formula is C26H38NO2+. The molecule has 0 amide bonds. The number of likely N-dealkylation sites (tertiary alicyclic amines) is 1. The predicted molar refractivity (Wildman–Crippen MR) is 120 cm³/mol. The number of nitrogens with one attached hydrogen (secondary N) is 1. The van der Waals surface area contributed by atoms with Gasteiger partial charge in [0, 0.05) is 16.7 Å². The summed E-state index contributed by atoms with van der Waals surface area (Å²) in [5.74, 6) is 0.775. The largest absolute Gasteiger partial charge is 0.507 e. The van der Waals surface area contributed by atoms with E-state index in [1.165, 1.54) is 29.7 Å². The SMILES string of the molecule is CC(C)(C)c1cc([C@@H](c2ccccc2O)[NH+]2CCCCC2)cc(C(C)(C)C)c1O. The Morgan fingerprint density at radius 2 is 1.31 bits per heavy atom. The fourth-order valence-electron chi connectivity index (χ4n) is 4.63. The second-order valence-corrected chi connectivity index (χ2v) is 10.7. The van der Waals surface area contributed by atoms with Crippen molar-refractivity contribution in [1.29, 1.82) is 0 Å². The van der Waals surface area contributed by atoms with E-state index in [4.69, 9.17) is 0 Å². The molecule has 1 saturated heterocycles. The molecule has 2 aromatic carbocycles. The molecule has 0 aromatic heterocycles. The van der Waals surface area contributed by atoms with Crippen LogP contribution in [0.3, 0.4) is 0 Å². The molecule has 1 atom stereocenters. The van der Waals surface area contributed by atoms with E-state index in [0.717, 1.165) is 29.8 Å². The summed E-state index contributed by atoms with van der Waals surface area (Å²) in [4.78, 5) is 1.50. The summed E-state index contributed by atoms with van der Waals surface area (Å²) >= 11 is 0. The number of hydrogen-bond acceptors (Lipinski definition) is 2.